The SMILES string of the molecule is O[Si](O)(O)O.[C+4].[Na+]. The van der Waals surface area contributed by atoms with Crippen molar-refractivity contribution in [2.75, 3.05) is 0 Å². The molecule has 0 unspecified atom stereocenters. The van der Waals surface area contributed by atoms with Gasteiger partial charge >= 0.3 is 46.0 Å². The van der Waals surface area contributed by atoms with Crippen LogP contribution in [0, 0.1) is 7.43 Å². The third-order valence-corrected chi connectivity index (χ3v) is 0. The molecular weight excluding hydrogens is 127 g/mol. The summed E-state index contributed by atoms with van der Waals surface area (Å²) >= 11 is 0. The molecule has 0 aliphatic carbocycles. The Balaban J connectivity index is -0.0000000800. The summed E-state index contributed by atoms with van der Waals surface area (Å²) in [5, 5.41) is 0. The average Bonchev–Trinajstić information content (AvgIpc) is 0.722. The second-order valence-electron chi connectivity index (χ2n) is 0.600. The topological polar surface area (TPSA) is 80.9 Å². The molecule has 0 aromatic heterocycles. The molecule has 0 aromatic carbocycles. The molecule has 0 aliphatic rings. The van der Waals surface area contributed by atoms with Crippen molar-refractivity contribution >= 4 is 9.05 Å². The molecule has 0 aliphatic heterocycles. The van der Waals surface area contributed by atoms with Crippen molar-refractivity contribution < 1.29 is 48.7 Å². The molecule has 0 aromatic rings. The van der Waals surface area contributed by atoms with Gasteiger partial charge in [0, 0.05) is 0 Å². The smallest absolute Gasteiger partial charge is 0.368 e. The molecule has 0 bridgehead atoms. The van der Waals surface area contributed by atoms with Gasteiger partial charge in [0.1, 0.15) is 0 Å². The van der Waals surface area contributed by atoms with Crippen molar-refractivity contribution in [2.24, 2.45) is 0 Å². The van der Waals surface area contributed by atoms with Crippen molar-refractivity contribution in [1.29, 1.82) is 0 Å². The summed E-state index contributed by atoms with van der Waals surface area (Å²) in [4.78, 5) is 29.3. The standard InChI is InChI=1S/C.Na.H4O4Si/c;;1-5(2,3)4/h;;1-4H/q+4;+1;. The van der Waals surface area contributed by atoms with Gasteiger partial charge in [-0.15, -0.1) is 0 Å². The second-order valence-corrected chi connectivity index (χ2v) is 1.80. The summed E-state index contributed by atoms with van der Waals surface area (Å²) in [7, 11) is -4.61. The van der Waals surface area contributed by atoms with Crippen LogP contribution in [0.2, 0.25) is 0 Å². The fourth-order valence-corrected chi connectivity index (χ4v) is 0. The fraction of sp³-hybridized carbons (Fsp3) is 0. The minimum Gasteiger partial charge on any atom is -0.368 e. The maximum atomic E-state index is 7.33. The van der Waals surface area contributed by atoms with Crippen LogP contribution in [0.25, 0.3) is 0 Å². The van der Waals surface area contributed by atoms with Crippen molar-refractivity contribution in [1.82, 2.24) is 0 Å². The Morgan fingerprint density at radius 3 is 0.857 bits per heavy atom. The largest absolute Gasteiger partial charge is 4.00 e. The molecule has 4 nitrogen and oxygen atoms in total. The van der Waals surface area contributed by atoms with Gasteiger partial charge in [-0.25, -0.2) is 0 Å². The van der Waals surface area contributed by atoms with E-state index in [0.717, 1.165) is 0 Å². The van der Waals surface area contributed by atoms with Crippen molar-refractivity contribution in [2.45, 2.75) is 0 Å². The Bertz CT molecular complexity index is 27.2. The van der Waals surface area contributed by atoms with E-state index in [1.54, 1.807) is 0 Å². The molecule has 0 rings (SSSR count). The van der Waals surface area contributed by atoms with Crippen molar-refractivity contribution in [3.63, 3.8) is 0 Å². The van der Waals surface area contributed by atoms with E-state index in [9.17, 15) is 0 Å². The first-order valence-electron chi connectivity index (χ1n) is 0.894. The zero-order valence-corrected chi connectivity index (χ0v) is 6.79. The maximum Gasteiger partial charge on any atom is 4.00 e. The molecule has 0 radical (unpaired) electrons. The third-order valence-electron chi connectivity index (χ3n) is 0. The van der Waals surface area contributed by atoms with E-state index >= 15 is 0 Å². The van der Waals surface area contributed by atoms with Crippen molar-refractivity contribution in [3.8, 4) is 0 Å². The fourth-order valence-electron chi connectivity index (χ4n) is 0. The Labute approximate surface area is 65.2 Å². The van der Waals surface area contributed by atoms with Crippen LogP contribution >= 0.6 is 0 Å². The minimum absolute atomic E-state index is 0. The zero-order valence-electron chi connectivity index (χ0n) is 3.79. The summed E-state index contributed by atoms with van der Waals surface area (Å²) < 4.78 is 0. The number of hydrogen-bond acceptors (Lipinski definition) is 4. The molecule has 0 heterocycles. The van der Waals surface area contributed by atoms with Gasteiger partial charge in [-0.1, -0.05) is 0 Å². The van der Waals surface area contributed by atoms with Gasteiger partial charge in [-0.05, 0) is 0 Å². The molecule has 0 saturated carbocycles. The second kappa shape index (κ2) is 5.20. The molecule has 0 atom stereocenters. The van der Waals surface area contributed by atoms with Gasteiger partial charge in [0.05, 0.1) is 0 Å². The van der Waals surface area contributed by atoms with Crippen LogP contribution in [-0.4, -0.2) is 28.2 Å². The summed E-state index contributed by atoms with van der Waals surface area (Å²) in [6, 6.07) is 0. The normalized spacial score (nSPS) is 8.57. The summed E-state index contributed by atoms with van der Waals surface area (Å²) in [6.45, 7) is 0. The molecule has 7 heavy (non-hydrogen) atoms. The monoisotopic (exact) mass is 131 g/mol. The molecule has 0 saturated heterocycles. The Morgan fingerprint density at radius 1 is 0.857 bits per heavy atom. The minimum atomic E-state index is -4.61. The van der Waals surface area contributed by atoms with Crippen LogP contribution < -0.4 is 29.6 Å². The Morgan fingerprint density at radius 2 is 0.857 bits per heavy atom. The van der Waals surface area contributed by atoms with Gasteiger partial charge in [0.25, 0.3) is 0 Å². The molecule has 0 spiro atoms. The van der Waals surface area contributed by atoms with E-state index in [0.29, 0.717) is 0 Å². The van der Waals surface area contributed by atoms with E-state index in [-0.39, 0.29) is 37.0 Å². The Kier molecular flexibility index (Phi) is 11.7. The third kappa shape index (κ3) is 162. The van der Waals surface area contributed by atoms with E-state index in [1.165, 1.54) is 0 Å². The molecule has 6 heteroatoms. The maximum absolute atomic E-state index is 7.33. The molecule has 4 N–H and O–H groups in total. The molecule has 0 amide bonds. The van der Waals surface area contributed by atoms with E-state index in [4.69, 9.17) is 19.2 Å². The number of hydrogen-bond donors (Lipinski definition) is 4. The van der Waals surface area contributed by atoms with Gasteiger partial charge in [0.2, 0.25) is 0 Å². The van der Waals surface area contributed by atoms with Crippen LogP contribution in [-0.2, 0) is 0 Å². The van der Waals surface area contributed by atoms with Gasteiger partial charge < -0.3 is 19.2 Å². The summed E-state index contributed by atoms with van der Waals surface area (Å²) in [5.41, 5.74) is 0. The Hall–Kier alpha value is 1.06. The number of rotatable bonds is 0. The molecule has 32 valence electrons. The predicted molar refractivity (Wildman–Crippen MR) is 17.9 cm³/mol. The van der Waals surface area contributed by atoms with Crippen LogP contribution in [0.3, 0.4) is 0 Å². The zero-order chi connectivity index (χ0) is 4.50. The first kappa shape index (κ1) is 15.7. The van der Waals surface area contributed by atoms with E-state index in [2.05, 4.69) is 0 Å². The van der Waals surface area contributed by atoms with Gasteiger partial charge in [0.15, 0.2) is 0 Å². The summed E-state index contributed by atoms with van der Waals surface area (Å²) in [6.07, 6.45) is 0. The van der Waals surface area contributed by atoms with Crippen LogP contribution in [0.15, 0.2) is 0 Å². The van der Waals surface area contributed by atoms with Gasteiger partial charge in [-0.2, -0.15) is 0 Å². The van der Waals surface area contributed by atoms with Gasteiger partial charge in [-0.3, -0.25) is 0 Å². The van der Waals surface area contributed by atoms with E-state index in [1.807, 2.05) is 0 Å². The average molecular weight is 131 g/mol. The summed E-state index contributed by atoms with van der Waals surface area (Å²) in [5.74, 6) is 0. The van der Waals surface area contributed by atoms with Crippen molar-refractivity contribution in [3.05, 3.63) is 7.43 Å². The molecular formula is CH4NaO4Si+5. The quantitative estimate of drug-likeness (QED) is 0.247. The van der Waals surface area contributed by atoms with Crippen LogP contribution in [0.5, 0.6) is 0 Å². The predicted octanol–water partition coefficient (Wildman–Crippen LogP) is -5.52. The molecule has 0 fully saturated rings. The van der Waals surface area contributed by atoms with Crippen LogP contribution in [0.4, 0.5) is 0 Å². The first-order valence-corrected chi connectivity index (χ1v) is 2.68. The van der Waals surface area contributed by atoms with Crippen LogP contribution in [0.1, 0.15) is 0 Å². The first-order chi connectivity index (χ1) is 2.00. The van der Waals surface area contributed by atoms with E-state index < -0.39 is 9.05 Å².